The summed E-state index contributed by atoms with van der Waals surface area (Å²) in [6.07, 6.45) is 3.71. The first-order chi connectivity index (χ1) is 7.85. The molecular formula is C13H20ClNO2. The lowest BCUT2D eigenvalue weighted by atomic mass is 9.96. The van der Waals surface area contributed by atoms with Crippen LogP contribution < -0.4 is 14.8 Å². The van der Waals surface area contributed by atoms with Gasteiger partial charge in [0.1, 0.15) is 11.5 Å². The van der Waals surface area contributed by atoms with Crippen LogP contribution in [0.15, 0.2) is 18.2 Å². The fourth-order valence-electron chi connectivity index (χ4n) is 2.23. The molecule has 4 heteroatoms. The van der Waals surface area contributed by atoms with E-state index in [1.807, 2.05) is 12.1 Å². The highest BCUT2D eigenvalue weighted by Crippen LogP contribution is 2.33. The van der Waals surface area contributed by atoms with Crippen molar-refractivity contribution < 1.29 is 9.47 Å². The molecule has 0 amide bonds. The molecule has 1 unspecified atom stereocenters. The van der Waals surface area contributed by atoms with Crippen LogP contribution in [-0.2, 0) is 0 Å². The molecule has 0 aromatic heterocycles. The highest BCUT2D eigenvalue weighted by atomic mass is 35.5. The first kappa shape index (κ1) is 14.1. The Morgan fingerprint density at radius 3 is 2.59 bits per heavy atom. The van der Waals surface area contributed by atoms with Gasteiger partial charge in [0.05, 0.1) is 14.2 Å². The highest BCUT2D eigenvalue weighted by molar-refractivity contribution is 5.85. The average Bonchev–Trinajstić information content (AvgIpc) is 2.39. The van der Waals surface area contributed by atoms with Gasteiger partial charge in [0.15, 0.2) is 0 Å². The summed E-state index contributed by atoms with van der Waals surface area (Å²) in [6, 6.07) is 6.39. The summed E-state index contributed by atoms with van der Waals surface area (Å²) in [5.41, 5.74) is 1.21. The molecular weight excluding hydrogens is 238 g/mol. The maximum atomic E-state index is 5.40. The third-order valence-electron chi connectivity index (χ3n) is 3.12. The summed E-state index contributed by atoms with van der Waals surface area (Å²) in [6.45, 7) is 1.09. The van der Waals surface area contributed by atoms with E-state index in [0.717, 1.165) is 18.0 Å². The number of hydrogen-bond donors (Lipinski definition) is 1. The molecule has 1 saturated heterocycles. The van der Waals surface area contributed by atoms with E-state index in [4.69, 9.17) is 9.47 Å². The lowest BCUT2D eigenvalue weighted by Crippen LogP contribution is -2.27. The van der Waals surface area contributed by atoms with Crippen molar-refractivity contribution in [1.82, 2.24) is 5.32 Å². The number of methoxy groups -OCH3 is 2. The SMILES string of the molecule is COc1ccc(OC)c(C2CCCCN2)c1.Cl. The van der Waals surface area contributed by atoms with Crippen molar-refractivity contribution in [2.24, 2.45) is 0 Å². The van der Waals surface area contributed by atoms with Gasteiger partial charge in [-0.25, -0.2) is 0 Å². The van der Waals surface area contributed by atoms with E-state index in [0.29, 0.717) is 6.04 Å². The third-order valence-corrected chi connectivity index (χ3v) is 3.12. The summed E-state index contributed by atoms with van der Waals surface area (Å²) in [4.78, 5) is 0. The lowest BCUT2D eigenvalue weighted by Gasteiger charge is -2.25. The van der Waals surface area contributed by atoms with Crippen LogP contribution >= 0.6 is 12.4 Å². The normalized spacial score (nSPS) is 19.3. The number of benzene rings is 1. The Hall–Kier alpha value is -0.930. The highest BCUT2D eigenvalue weighted by Gasteiger charge is 2.18. The minimum Gasteiger partial charge on any atom is -0.497 e. The number of nitrogens with one attached hydrogen (secondary N) is 1. The predicted octanol–water partition coefficient (Wildman–Crippen LogP) is 2.94. The van der Waals surface area contributed by atoms with Crippen molar-refractivity contribution in [2.75, 3.05) is 20.8 Å². The molecule has 1 atom stereocenters. The number of hydrogen-bond acceptors (Lipinski definition) is 3. The van der Waals surface area contributed by atoms with Crippen molar-refractivity contribution in [3.63, 3.8) is 0 Å². The van der Waals surface area contributed by atoms with Crippen molar-refractivity contribution in [3.8, 4) is 11.5 Å². The van der Waals surface area contributed by atoms with Crippen molar-refractivity contribution >= 4 is 12.4 Å². The van der Waals surface area contributed by atoms with Crippen LogP contribution in [0.1, 0.15) is 30.9 Å². The Kier molecular flexibility index (Phi) is 5.59. The van der Waals surface area contributed by atoms with E-state index < -0.39 is 0 Å². The molecule has 3 nitrogen and oxygen atoms in total. The van der Waals surface area contributed by atoms with Gasteiger partial charge in [-0.3, -0.25) is 0 Å². The summed E-state index contributed by atoms with van der Waals surface area (Å²) in [7, 11) is 3.41. The van der Waals surface area contributed by atoms with Crippen molar-refractivity contribution in [1.29, 1.82) is 0 Å². The van der Waals surface area contributed by atoms with Gasteiger partial charge in [-0.05, 0) is 37.6 Å². The van der Waals surface area contributed by atoms with Gasteiger partial charge in [0, 0.05) is 11.6 Å². The van der Waals surface area contributed by atoms with Crippen molar-refractivity contribution in [3.05, 3.63) is 23.8 Å². The summed E-state index contributed by atoms with van der Waals surface area (Å²) >= 11 is 0. The fourth-order valence-corrected chi connectivity index (χ4v) is 2.23. The second-order valence-corrected chi connectivity index (χ2v) is 4.11. The fraction of sp³-hybridized carbons (Fsp3) is 0.538. The summed E-state index contributed by atoms with van der Waals surface area (Å²) in [5, 5.41) is 3.53. The maximum absolute atomic E-state index is 5.40. The molecule has 0 saturated carbocycles. The van der Waals surface area contributed by atoms with E-state index in [1.54, 1.807) is 14.2 Å². The summed E-state index contributed by atoms with van der Waals surface area (Å²) < 4.78 is 10.7. The Morgan fingerprint density at radius 1 is 1.18 bits per heavy atom. The third kappa shape index (κ3) is 3.27. The number of halogens is 1. The molecule has 1 N–H and O–H groups in total. The average molecular weight is 258 g/mol. The molecule has 17 heavy (non-hydrogen) atoms. The van der Waals surface area contributed by atoms with E-state index in [2.05, 4.69) is 11.4 Å². The van der Waals surface area contributed by atoms with Crippen LogP contribution in [-0.4, -0.2) is 20.8 Å². The number of ether oxygens (including phenoxy) is 2. The van der Waals surface area contributed by atoms with Crippen LogP contribution in [0.25, 0.3) is 0 Å². The van der Waals surface area contributed by atoms with E-state index in [-0.39, 0.29) is 12.4 Å². The summed E-state index contributed by atoms with van der Waals surface area (Å²) in [5.74, 6) is 1.84. The minimum atomic E-state index is 0. The van der Waals surface area contributed by atoms with Gasteiger partial charge in [0.25, 0.3) is 0 Å². The molecule has 1 aliphatic rings. The minimum absolute atomic E-state index is 0. The Balaban J connectivity index is 0.00000144. The van der Waals surface area contributed by atoms with Gasteiger partial charge in [-0.15, -0.1) is 12.4 Å². The lowest BCUT2D eigenvalue weighted by molar-refractivity contribution is 0.368. The van der Waals surface area contributed by atoms with Crippen LogP contribution in [0.2, 0.25) is 0 Å². The number of rotatable bonds is 3. The maximum Gasteiger partial charge on any atom is 0.123 e. The van der Waals surface area contributed by atoms with Gasteiger partial charge in [0.2, 0.25) is 0 Å². The van der Waals surface area contributed by atoms with Crippen LogP contribution in [0.3, 0.4) is 0 Å². The standard InChI is InChI=1S/C13H19NO2.ClH/c1-15-10-6-7-13(16-2)11(9-10)12-5-3-4-8-14-12;/h6-7,9,12,14H,3-5,8H2,1-2H3;1H. The monoisotopic (exact) mass is 257 g/mol. The van der Waals surface area contributed by atoms with Crippen LogP contribution in [0.4, 0.5) is 0 Å². The van der Waals surface area contributed by atoms with E-state index >= 15 is 0 Å². The molecule has 1 heterocycles. The number of piperidine rings is 1. The zero-order chi connectivity index (χ0) is 11.4. The largest absolute Gasteiger partial charge is 0.497 e. The Bertz CT molecular complexity index is 351. The molecule has 96 valence electrons. The van der Waals surface area contributed by atoms with Gasteiger partial charge >= 0.3 is 0 Å². The zero-order valence-corrected chi connectivity index (χ0v) is 11.2. The molecule has 1 fully saturated rings. The van der Waals surface area contributed by atoms with Gasteiger partial charge in [-0.1, -0.05) is 6.42 Å². The smallest absolute Gasteiger partial charge is 0.123 e. The second-order valence-electron chi connectivity index (χ2n) is 4.11. The molecule has 0 aliphatic carbocycles. The van der Waals surface area contributed by atoms with Crippen LogP contribution in [0.5, 0.6) is 11.5 Å². The topological polar surface area (TPSA) is 30.5 Å². The molecule has 0 spiro atoms. The van der Waals surface area contributed by atoms with Gasteiger partial charge < -0.3 is 14.8 Å². The molecule has 0 bridgehead atoms. The molecule has 1 aromatic carbocycles. The molecule has 2 rings (SSSR count). The van der Waals surface area contributed by atoms with E-state index in [9.17, 15) is 0 Å². The zero-order valence-electron chi connectivity index (χ0n) is 10.4. The first-order valence-electron chi connectivity index (χ1n) is 5.80. The van der Waals surface area contributed by atoms with E-state index in [1.165, 1.54) is 24.8 Å². The Morgan fingerprint density at radius 2 is 2.00 bits per heavy atom. The molecule has 1 aliphatic heterocycles. The first-order valence-corrected chi connectivity index (χ1v) is 5.80. The quantitative estimate of drug-likeness (QED) is 0.903. The molecule has 1 aromatic rings. The Labute approximate surface area is 109 Å². The van der Waals surface area contributed by atoms with Crippen LogP contribution in [0, 0.1) is 0 Å². The van der Waals surface area contributed by atoms with Gasteiger partial charge in [-0.2, -0.15) is 0 Å². The van der Waals surface area contributed by atoms with Crippen molar-refractivity contribution in [2.45, 2.75) is 25.3 Å². The molecule has 0 radical (unpaired) electrons. The second kappa shape index (κ2) is 6.72. The predicted molar refractivity (Wildman–Crippen MR) is 71.4 cm³/mol.